The Hall–Kier alpha value is -2.57. The fourth-order valence-electron chi connectivity index (χ4n) is 1.94. The lowest BCUT2D eigenvalue weighted by Gasteiger charge is -2.13. The molecule has 0 aromatic heterocycles. The normalized spacial score (nSPS) is 13.8. The highest BCUT2D eigenvalue weighted by molar-refractivity contribution is 6.35. The SMILES string of the molecule is CCOc1cc(/C=N\NC(=O)C(=O)NC2CC2)ccc1OCC(C)C. The number of nitrogens with one attached hydrogen (secondary N) is 2. The lowest BCUT2D eigenvalue weighted by molar-refractivity contribution is -0.139. The van der Waals surface area contributed by atoms with Gasteiger partial charge in [0.2, 0.25) is 0 Å². The molecule has 1 aliphatic carbocycles. The van der Waals surface area contributed by atoms with Crippen molar-refractivity contribution in [3.8, 4) is 11.5 Å². The smallest absolute Gasteiger partial charge is 0.329 e. The van der Waals surface area contributed by atoms with Crippen molar-refractivity contribution in [3.63, 3.8) is 0 Å². The number of hydrazone groups is 1. The Balaban J connectivity index is 1.94. The molecule has 0 saturated heterocycles. The fourth-order valence-corrected chi connectivity index (χ4v) is 1.94. The van der Waals surface area contributed by atoms with Gasteiger partial charge >= 0.3 is 11.8 Å². The van der Waals surface area contributed by atoms with Gasteiger partial charge in [0.25, 0.3) is 0 Å². The fraction of sp³-hybridized carbons (Fsp3) is 0.500. The van der Waals surface area contributed by atoms with Crippen molar-refractivity contribution in [1.29, 1.82) is 0 Å². The summed E-state index contributed by atoms with van der Waals surface area (Å²) in [5.74, 6) is 0.260. The number of rotatable bonds is 8. The van der Waals surface area contributed by atoms with Crippen LogP contribution in [0.4, 0.5) is 0 Å². The quantitative estimate of drug-likeness (QED) is 0.427. The van der Waals surface area contributed by atoms with Crippen LogP contribution in [0.2, 0.25) is 0 Å². The number of carbonyl (C=O) groups excluding carboxylic acids is 2. The first-order valence-corrected chi connectivity index (χ1v) is 8.53. The monoisotopic (exact) mass is 347 g/mol. The maximum absolute atomic E-state index is 11.6. The highest BCUT2D eigenvalue weighted by Gasteiger charge is 2.26. The second-order valence-electron chi connectivity index (χ2n) is 6.29. The molecule has 0 bridgehead atoms. The number of hydrogen-bond acceptors (Lipinski definition) is 5. The maximum Gasteiger partial charge on any atom is 0.329 e. The van der Waals surface area contributed by atoms with E-state index in [0.717, 1.165) is 18.4 Å². The Morgan fingerprint density at radius 3 is 2.64 bits per heavy atom. The molecule has 1 aromatic rings. The number of nitrogens with zero attached hydrogens (tertiary/aromatic N) is 1. The molecule has 7 heteroatoms. The van der Waals surface area contributed by atoms with Gasteiger partial charge in [-0.05, 0) is 49.4 Å². The van der Waals surface area contributed by atoms with E-state index in [0.29, 0.717) is 30.6 Å². The largest absolute Gasteiger partial charge is 0.490 e. The molecule has 2 rings (SSSR count). The van der Waals surface area contributed by atoms with Crippen LogP contribution < -0.4 is 20.2 Å². The third-order valence-corrected chi connectivity index (χ3v) is 3.34. The standard InChI is InChI=1S/C18H25N3O4/c1-4-24-16-9-13(5-8-15(16)25-11-12(2)3)10-19-21-18(23)17(22)20-14-6-7-14/h5,8-10,12,14H,4,6-7,11H2,1-3H3,(H,20,22)(H,21,23)/b19-10-. The third-order valence-electron chi connectivity index (χ3n) is 3.34. The minimum absolute atomic E-state index is 0.134. The summed E-state index contributed by atoms with van der Waals surface area (Å²) in [7, 11) is 0. The van der Waals surface area contributed by atoms with Crippen molar-refractivity contribution < 1.29 is 19.1 Å². The molecule has 0 atom stereocenters. The van der Waals surface area contributed by atoms with Crippen LogP contribution in [-0.2, 0) is 9.59 Å². The number of benzene rings is 1. The Labute approximate surface area is 147 Å². The van der Waals surface area contributed by atoms with Gasteiger partial charge in [0.05, 0.1) is 19.4 Å². The molecule has 1 aliphatic rings. The van der Waals surface area contributed by atoms with Gasteiger partial charge in [-0.3, -0.25) is 9.59 Å². The van der Waals surface area contributed by atoms with E-state index >= 15 is 0 Å². The van der Waals surface area contributed by atoms with E-state index < -0.39 is 11.8 Å². The third kappa shape index (κ3) is 6.45. The van der Waals surface area contributed by atoms with Crippen LogP contribution in [0.15, 0.2) is 23.3 Å². The Kier molecular flexibility index (Phi) is 6.80. The van der Waals surface area contributed by atoms with E-state index in [1.54, 1.807) is 18.2 Å². The first kappa shape index (κ1) is 18.8. The second kappa shape index (κ2) is 9.05. The summed E-state index contributed by atoms with van der Waals surface area (Å²) < 4.78 is 11.3. The van der Waals surface area contributed by atoms with E-state index in [-0.39, 0.29) is 6.04 Å². The van der Waals surface area contributed by atoms with Gasteiger partial charge in [-0.25, -0.2) is 5.43 Å². The number of carbonyl (C=O) groups is 2. The van der Waals surface area contributed by atoms with Crippen molar-refractivity contribution in [3.05, 3.63) is 23.8 Å². The molecule has 1 saturated carbocycles. The predicted octanol–water partition coefficient (Wildman–Crippen LogP) is 1.85. The second-order valence-corrected chi connectivity index (χ2v) is 6.29. The van der Waals surface area contributed by atoms with Gasteiger partial charge in [-0.1, -0.05) is 13.8 Å². The van der Waals surface area contributed by atoms with Crippen LogP contribution in [0.25, 0.3) is 0 Å². The molecule has 136 valence electrons. The average Bonchev–Trinajstić information content (AvgIpc) is 3.38. The predicted molar refractivity (Wildman–Crippen MR) is 94.8 cm³/mol. The number of amides is 2. The summed E-state index contributed by atoms with van der Waals surface area (Å²) in [6.45, 7) is 7.15. The van der Waals surface area contributed by atoms with Gasteiger partial charge in [-0.15, -0.1) is 0 Å². The lowest BCUT2D eigenvalue weighted by Crippen LogP contribution is -2.38. The topological polar surface area (TPSA) is 89.0 Å². The molecule has 0 heterocycles. The Bertz CT molecular complexity index is 639. The lowest BCUT2D eigenvalue weighted by atomic mass is 10.2. The van der Waals surface area contributed by atoms with Crippen LogP contribution >= 0.6 is 0 Å². The van der Waals surface area contributed by atoms with Gasteiger partial charge in [0, 0.05) is 6.04 Å². The number of ether oxygens (including phenoxy) is 2. The van der Waals surface area contributed by atoms with Crippen LogP contribution in [0.3, 0.4) is 0 Å². The Morgan fingerprint density at radius 1 is 1.24 bits per heavy atom. The zero-order valence-corrected chi connectivity index (χ0v) is 14.9. The van der Waals surface area contributed by atoms with Crippen molar-refractivity contribution in [1.82, 2.24) is 10.7 Å². The molecule has 1 aromatic carbocycles. The van der Waals surface area contributed by atoms with E-state index in [1.165, 1.54) is 6.21 Å². The maximum atomic E-state index is 11.6. The van der Waals surface area contributed by atoms with Crippen LogP contribution in [-0.4, -0.2) is 37.3 Å². The van der Waals surface area contributed by atoms with Crippen molar-refractivity contribution >= 4 is 18.0 Å². The zero-order chi connectivity index (χ0) is 18.2. The molecule has 2 N–H and O–H groups in total. The molecule has 0 spiro atoms. The average molecular weight is 347 g/mol. The number of hydrogen-bond donors (Lipinski definition) is 2. The molecule has 7 nitrogen and oxygen atoms in total. The van der Waals surface area contributed by atoms with Crippen LogP contribution in [0, 0.1) is 5.92 Å². The van der Waals surface area contributed by atoms with E-state index in [2.05, 4.69) is 29.7 Å². The highest BCUT2D eigenvalue weighted by Crippen LogP contribution is 2.28. The summed E-state index contributed by atoms with van der Waals surface area (Å²) in [4.78, 5) is 23.1. The summed E-state index contributed by atoms with van der Waals surface area (Å²) in [6, 6.07) is 5.52. The van der Waals surface area contributed by atoms with Gasteiger partial charge in [0.15, 0.2) is 11.5 Å². The highest BCUT2D eigenvalue weighted by atomic mass is 16.5. The zero-order valence-electron chi connectivity index (χ0n) is 14.9. The molecule has 1 fully saturated rings. The molecule has 0 radical (unpaired) electrons. The van der Waals surface area contributed by atoms with Crippen molar-refractivity contribution in [2.45, 2.75) is 39.7 Å². The van der Waals surface area contributed by atoms with Crippen molar-refractivity contribution in [2.24, 2.45) is 11.0 Å². The van der Waals surface area contributed by atoms with E-state index in [1.807, 2.05) is 6.92 Å². The van der Waals surface area contributed by atoms with Gasteiger partial charge in [0.1, 0.15) is 0 Å². The minimum atomic E-state index is -0.773. The van der Waals surface area contributed by atoms with Crippen LogP contribution in [0.5, 0.6) is 11.5 Å². The first-order chi connectivity index (χ1) is 12.0. The van der Waals surface area contributed by atoms with Crippen molar-refractivity contribution in [2.75, 3.05) is 13.2 Å². The van der Waals surface area contributed by atoms with Gasteiger partial charge < -0.3 is 14.8 Å². The summed E-state index contributed by atoms with van der Waals surface area (Å²) in [5.41, 5.74) is 2.94. The molecule has 0 unspecified atom stereocenters. The minimum Gasteiger partial charge on any atom is -0.490 e. The summed E-state index contributed by atoms with van der Waals surface area (Å²) in [5, 5.41) is 6.41. The summed E-state index contributed by atoms with van der Waals surface area (Å²) >= 11 is 0. The van der Waals surface area contributed by atoms with E-state index in [4.69, 9.17) is 9.47 Å². The molecular formula is C18H25N3O4. The molecule has 0 aliphatic heterocycles. The molecule has 2 amide bonds. The summed E-state index contributed by atoms with van der Waals surface area (Å²) in [6.07, 6.45) is 3.30. The van der Waals surface area contributed by atoms with Crippen LogP contribution in [0.1, 0.15) is 39.2 Å². The Morgan fingerprint density at radius 2 is 2.00 bits per heavy atom. The van der Waals surface area contributed by atoms with Gasteiger partial charge in [-0.2, -0.15) is 5.10 Å². The first-order valence-electron chi connectivity index (χ1n) is 8.53. The molecule has 25 heavy (non-hydrogen) atoms. The van der Waals surface area contributed by atoms with E-state index in [9.17, 15) is 9.59 Å². The molecular weight excluding hydrogens is 322 g/mol.